The third-order valence-corrected chi connectivity index (χ3v) is 6.34. The molecule has 13 heteroatoms. The molecule has 4 rings (SSSR count). The molecule has 9 nitrogen and oxygen atoms in total. The summed E-state index contributed by atoms with van der Waals surface area (Å²) in [4.78, 5) is 24.1. The Bertz CT molecular complexity index is 1500. The fourth-order valence-electron chi connectivity index (χ4n) is 4.19. The van der Waals surface area contributed by atoms with E-state index in [1.807, 2.05) is 0 Å². The number of halogens is 3. The van der Waals surface area contributed by atoms with E-state index in [4.69, 9.17) is 21.7 Å². The molecule has 1 aliphatic heterocycles. The summed E-state index contributed by atoms with van der Waals surface area (Å²) >= 11 is 5.60. The van der Waals surface area contributed by atoms with E-state index in [2.05, 4.69) is 9.97 Å². The average Bonchev–Trinajstić information content (AvgIpc) is 3.04. The minimum atomic E-state index is -3.35. The number of benzene rings is 2. The molecule has 1 aliphatic rings. The van der Waals surface area contributed by atoms with E-state index in [1.165, 1.54) is 30.2 Å². The topological polar surface area (TPSA) is 112 Å². The Kier molecular flexibility index (Phi) is 6.90. The minimum absolute atomic E-state index is 0.0346. The van der Waals surface area contributed by atoms with Crippen LogP contribution in [0.2, 0.25) is 0 Å². The SMILES string of the molecule is COc1nc(OCCO)c2cc(N3C(=S)N(c4ccc(C#N)c(C(C)(F)F)c4)C(=O)C3(C)C)cc(F)c2n1. The molecule has 1 amide bonds. The second kappa shape index (κ2) is 9.70. The zero-order chi connectivity index (χ0) is 28.0. The zero-order valence-electron chi connectivity index (χ0n) is 20.8. The highest BCUT2D eigenvalue weighted by molar-refractivity contribution is 7.81. The summed E-state index contributed by atoms with van der Waals surface area (Å²) in [7, 11) is 1.30. The van der Waals surface area contributed by atoms with Gasteiger partial charge in [0.1, 0.15) is 17.7 Å². The van der Waals surface area contributed by atoms with Crippen molar-refractivity contribution < 1.29 is 32.5 Å². The fourth-order valence-corrected chi connectivity index (χ4v) is 4.71. The number of alkyl halides is 2. The van der Waals surface area contributed by atoms with E-state index in [0.29, 0.717) is 6.92 Å². The summed E-state index contributed by atoms with van der Waals surface area (Å²) in [5.74, 6) is -4.76. The first-order valence-corrected chi connectivity index (χ1v) is 11.7. The number of fused-ring (bicyclic) bond motifs is 1. The summed E-state index contributed by atoms with van der Waals surface area (Å²) in [6, 6.07) is 7.76. The van der Waals surface area contributed by atoms with Crippen LogP contribution in [0.5, 0.6) is 11.9 Å². The van der Waals surface area contributed by atoms with Gasteiger partial charge in [-0.1, -0.05) is 0 Å². The number of hydrogen-bond acceptors (Lipinski definition) is 8. The number of amides is 1. The van der Waals surface area contributed by atoms with E-state index in [9.17, 15) is 23.9 Å². The lowest BCUT2D eigenvalue weighted by Gasteiger charge is -2.29. The molecule has 2 heterocycles. The van der Waals surface area contributed by atoms with Crippen molar-refractivity contribution in [1.29, 1.82) is 5.26 Å². The molecule has 3 aromatic rings. The van der Waals surface area contributed by atoms with Crippen LogP contribution >= 0.6 is 12.2 Å². The number of nitrogens with zero attached hydrogens (tertiary/aromatic N) is 5. The second-order valence-corrected chi connectivity index (χ2v) is 9.32. The number of aliphatic hydroxyl groups excluding tert-OH is 1. The largest absolute Gasteiger partial charge is 0.475 e. The molecule has 0 atom stereocenters. The first-order valence-electron chi connectivity index (χ1n) is 11.2. The standard InChI is InChI=1S/C25H22F3N5O4S/c1-24(2)21(35)32(14-6-5-13(12-29)17(10-14)25(3,27)28)23(38)33(24)15-9-16-19(18(26)11-15)30-22(36-4)31-20(16)37-8-7-34/h5-6,9-11,34H,7-8H2,1-4H3. The van der Waals surface area contributed by atoms with Crippen molar-refractivity contribution in [3.05, 3.63) is 47.3 Å². The Morgan fingerprint density at radius 3 is 2.53 bits per heavy atom. The molecule has 0 saturated carbocycles. The first-order chi connectivity index (χ1) is 17.8. The molecule has 0 bridgehead atoms. The van der Waals surface area contributed by atoms with Crippen molar-refractivity contribution in [2.24, 2.45) is 0 Å². The third kappa shape index (κ3) is 4.46. The van der Waals surface area contributed by atoms with Crippen LogP contribution in [0.15, 0.2) is 30.3 Å². The molecule has 2 aromatic carbocycles. The van der Waals surface area contributed by atoms with Gasteiger partial charge in [0.2, 0.25) is 5.88 Å². The molecule has 0 aliphatic carbocycles. The third-order valence-electron chi connectivity index (χ3n) is 5.98. The number of thiocarbonyl (C=S) groups is 1. The Morgan fingerprint density at radius 2 is 1.92 bits per heavy atom. The van der Waals surface area contributed by atoms with E-state index in [-0.39, 0.29) is 58.1 Å². The van der Waals surface area contributed by atoms with E-state index in [1.54, 1.807) is 19.9 Å². The van der Waals surface area contributed by atoms with Crippen molar-refractivity contribution >= 4 is 45.5 Å². The van der Waals surface area contributed by atoms with Gasteiger partial charge in [0.15, 0.2) is 10.9 Å². The van der Waals surface area contributed by atoms with Crippen LogP contribution in [0, 0.1) is 17.1 Å². The van der Waals surface area contributed by atoms with E-state index < -0.39 is 28.7 Å². The van der Waals surface area contributed by atoms with E-state index >= 15 is 4.39 Å². The molecule has 198 valence electrons. The molecule has 0 radical (unpaired) electrons. The van der Waals surface area contributed by atoms with Crippen LogP contribution in [0.3, 0.4) is 0 Å². The number of rotatable bonds is 7. The number of nitriles is 1. The number of aliphatic hydroxyl groups is 1. The van der Waals surface area contributed by atoms with Crippen LogP contribution in [0.4, 0.5) is 24.5 Å². The molecule has 0 unspecified atom stereocenters. The number of ether oxygens (including phenoxy) is 2. The second-order valence-electron chi connectivity index (χ2n) is 8.96. The summed E-state index contributed by atoms with van der Waals surface area (Å²) in [5, 5.41) is 18.5. The number of carbonyl (C=O) groups is 1. The van der Waals surface area contributed by atoms with Gasteiger partial charge < -0.3 is 19.5 Å². The maximum atomic E-state index is 15.3. The highest BCUT2D eigenvalue weighted by atomic mass is 32.1. The first kappa shape index (κ1) is 27.0. The zero-order valence-corrected chi connectivity index (χ0v) is 21.6. The van der Waals surface area contributed by atoms with Crippen molar-refractivity contribution in [1.82, 2.24) is 9.97 Å². The summed E-state index contributed by atoms with van der Waals surface area (Å²) in [6.45, 7) is 3.29. The highest BCUT2D eigenvalue weighted by Crippen LogP contribution is 2.41. The Balaban J connectivity index is 1.86. The predicted molar refractivity (Wildman–Crippen MR) is 136 cm³/mol. The summed E-state index contributed by atoms with van der Waals surface area (Å²) < 4.78 is 54.3. The van der Waals surface area contributed by atoms with Gasteiger partial charge in [-0.05, 0) is 56.4 Å². The minimum Gasteiger partial charge on any atom is -0.475 e. The molecule has 1 N–H and O–H groups in total. The number of carbonyl (C=O) groups excluding carboxylic acids is 1. The normalized spacial score (nSPS) is 15.2. The van der Waals surface area contributed by atoms with Crippen molar-refractivity contribution in [3.8, 4) is 18.0 Å². The monoisotopic (exact) mass is 545 g/mol. The highest BCUT2D eigenvalue weighted by Gasteiger charge is 2.50. The van der Waals surface area contributed by atoms with Gasteiger partial charge in [0.25, 0.3) is 11.8 Å². The Hall–Kier alpha value is -4.02. The number of aromatic nitrogens is 2. The average molecular weight is 546 g/mol. The summed E-state index contributed by atoms with van der Waals surface area (Å²) in [5.41, 5.74) is -2.10. The lowest BCUT2D eigenvalue weighted by Crippen LogP contribution is -2.44. The maximum absolute atomic E-state index is 15.3. The number of hydrogen-bond donors (Lipinski definition) is 1. The van der Waals surface area contributed by atoms with Gasteiger partial charge in [-0.3, -0.25) is 9.69 Å². The Labute approximate surface area is 221 Å². The van der Waals surface area contributed by atoms with Crippen molar-refractivity contribution in [3.63, 3.8) is 0 Å². The molecule has 38 heavy (non-hydrogen) atoms. The quantitative estimate of drug-likeness (QED) is 0.440. The molecule has 1 saturated heterocycles. The van der Waals surface area contributed by atoms with Gasteiger partial charge in [-0.25, -0.2) is 13.2 Å². The summed E-state index contributed by atoms with van der Waals surface area (Å²) in [6.07, 6.45) is 0. The molecule has 1 aromatic heterocycles. The lowest BCUT2D eigenvalue weighted by atomic mass is 10.0. The Morgan fingerprint density at radius 1 is 1.21 bits per heavy atom. The molecular weight excluding hydrogens is 523 g/mol. The smallest absolute Gasteiger partial charge is 0.320 e. The van der Waals surface area contributed by atoms with Crippen LogP contribution in [-0.4, -0.2) is 52.0 Å². The van der Waals surface area contributed by atoms with Crippen molar-refractivity contribution in [2.75, 3.05) is 30.1 Å². The van der Waals surface area contributed by atoms with Gasteiger partial charge >= 0.3 is 6.01 Å². The van der Waals surface area contributed by atoms with Gasteiger partial charge in [-0.15, -0.1) is 0 Å². The van der Waals surface area contributed by atoms with Gasteiger partial charge in [0, 0.05) is 18.2 Å². The molecular formula is C25H22F3N5O4S. The predicted octanol–water partition coefficient (Wildman–Crippen LogP) is 4.05. The van der Waals surface area contributed by atoms with Crippen LogP contribution in [-0.2, 0) is 10.7 Å². The number of methoxy groups -OCH3 is 1. The lowest BCUT2D eigenvalue weighted by molar-refractivity contribution is -0.120. The number of anilines is 2. The van der Waals surface area contributed by atoms with Crippen LogP contribution < -0.4 is 19.3 Å². The van der Waals surface area contributed by atoms with Gasteiger partial charge in [-0.2, -0.15) is 15.2 Å². The maximum Gasteiger partial charge on any atom is 0.320 e. The van der Waals surface area contributed by atoms with E-state index in [0.717, 1.165) is 17.0 Å². The molecule has 1 fully saturated rings. The molecule has 0 spiro atoms. The van der Waals surface area contributed by atoms with Gasteiger partial charge in [0.05, 0.1) is 36.4 Å². The fraction of sp³-hybridized carbons (Fsp3) is 0.320. The van der Waals surface area contributed by atoms with Crippen LogP contribution in [0.1, 0.15) is 31.9 Å². The van der Waals surface area contributed by atoms with Crippen molar-refractivity contribution in [2.45, 2.75) is 32.2 Å². The van der Waals surface area contributed by atoms with Crippen LogP contribution in [0.25, 0.3) is 10.9 Å².